The van der Waals surface area contributed by atoms with Crippen molar-refractivity contribution in [2.45, 2.75) is 19.1 Å². The van der Waals surface area contributed by atoms with Gasteiger partial charge in [0.15, 0.2) is 11.5 Å². The van der Waals surface area contributed by atoms with Gasteiger partial charge in [-0.05, 0) is 36.8 Å². The number of carbonyl (C=O) groups excluding carboxylic acids is 1. The van der Waals surface area contributed by atoms with Crippen molar-refractivity contribution < 1.29 is 27.4 Å². The fourth-order valence-corrected chi connectivity index (χ4v) is 2.85. The van der Waals surface area contributed by atoms with E-state index in [1.807, 2.05) is 0 Å². The topological polar surface area (TPSA) is 47.6 Å². The standard InChI is InChI=1S/C18H15ClF3NO3/c1-10(11-3-2-4-13(7-11)18(20,21)22)23-17(24)12-8-14(19)16-15(9-12)25-5-6-26-16/h2-4,7-10H,5-6H2,1H3,(H,23,24). The zero-order valence-corrected chi connectivity index (χ0v) is 14.4. The molecule has 1 N–H and O–H groups in total. The molecule has 0 saturated heterocycles. The summed E-state index contributed by atoms with van der Waals surface area (Å²) in [6, 6.07) is 7.13. The molecular weight excluding hydrogens is 371 g/mol. The lowest BCUT2D eigenvalue weighted by molar-refractivity contribution is -0.137. The van der Waals surface area contributed by atoms with Gasteiger partial charge in [-0.2, -0.15) is 13.2 Å². The van der Waals surface area contributed by atoms with Crippen molar-refractivity contribution in [3.63, 3.8) is 0 Å². The lowest BCUT2D eigenvalue weighted by atomic mass is 10.0. The van der Waals surface area contributed by atoms with E-state index in [1.54, 1.807) is 6.92 Å². The average Bonchev–Trinajstić information content (AvgIpc) is 2.61. The molecule has 1 aliphatic heterocycles. The Kier molecular flexibility index (Phi) is 5.00. The second kappa shape index (κ2) is 7.07. The third kappa shape index (κ3) is 3.88. The van der Waals surface area contributed by atoms with Crippen molar-refractivity contribution in [1.29, 1.82) is 0 Å². The summed E-state index contributed by atoms with van der Waals surface area (Å²) in [5, 5.41) is 2.90. The van der Waals surface area contributed by atoms with Crippen molar-refractivity contribution in [3.8, 4) is 11.5 Å². The third-order valence-electron chi connectivity index (χ3n) is 3.92. The number of amides is 1. The van der Waals surface area contributed by atoms with Crippen LogP contribution in [0.3, 0.4) is 0 Å². The minimum atomic E-state index is -4.44. The number of carbonyl (C=O) groups is 1. The van der Waals surface area contributed by atoms with E-state index in [1.165, 1.54) is 24.3 Å². The predicted octanol–water partition coefficient (Wildman–Crippen LogP) is 4.62. The maximum absolute atomic E-state index is 12.8. The summed E-state index contributed by atoms with van der Waals surface area (Å²) < 4.78 is 49.3. The van der Waals surface area contributed by atoms with Crippen LogP contribution in [-0.2, 0) is 6.18 Å². The summed E-state index contributed by atoms with van der Waals surface area (Å²) in [5.74, 6) is 0.259. The van der Waals surface area contributed by atoms with E-state index >= 15 is 0 Å². The van der Waals surface area contributed by atoms with Crippen molar-refractivity contribution >= 4 is 17.5 Å². The number of ether oxygens (including phenoxy) is 2. The van der Waals surface area contributed by atoms with Gasteiger partial charge in [0.05, 0.1) is 16.6 Å². The van der Waals surface area contributed by atoms with Gasteiger partial charge in [-0.15, -0.1) is 0 Å². The number of hydrogen-bond acceptors (Lipinski definition) is 3. The highest BCUT2D eigenvalue weighted by atomic mass is 35.5. The number of benzene rings is 2. The van der Waals surface area contributed by atoms with Crippen molar-refractivity contribution in [2.24, 2.45) is 0 Å². The van der Waals surface area contributed by atoms with Crippen LogP contribution in [0.15, 0.2) is 36.4 Å². The molecule has 0 aromatic heterocycles. The molecule has 4 nitrogen and oxygen atoms in total. The molecule has 0 aliphatic carbocycles. The molecule has 0 spiro atoms. The third-order valence-corrected chi connectivity index (χ3v) is 4.20. The van der Waals surface area contributed by atoms with Gasteiger partial charge in [-0.3, -0.25) is 4.79 Å². The molecule has 1 heterocycles. The first-order valence-corrected chi connectivity index (χ1v) is 8.20. The van der Waals surface area contributed by atoms with E-state index in [9.17, 15) is 18.0 Å². The van der Waals surface area contributed by atoms with Crippen LogP contribution in [0.4, 0.5) is 13.2 Å². The van der Waals surface area contributed by atoms with E-state index < -0.39 is 23.7 Å². The molecule has 0 radical (unpaired) electrons. The first kappa shape index (κ1) is 18.4. The van der Waals surface area contributed by atoms with E-state index in [-0.39, 0.29) is 10.6 Å². The Morgan fingerprint density at radius 2 is 1.92 bits per heavy atom. The van der Waals surface area contributed by atoms with Crippen LogP contribution in [0.25, 0.3) is 0 Å². The molecule has 0 saturated carbocycles. The zero-order valence-electron chi connectivity index (χ0n) is 13.7. The van der Waals surface area contributed by atoms with Crippen LogP contribution < -0.4 is 14.8 Å². The van der Waals surface area contributed by atoms with Gasteiger partial charge in [0.2, 0.25) is 0 Å². The number of nitrogens with one attached hydrogen (secondary N) is 1. The van der Waals surface area contributed by atoms with Crippen LogP contribution >= 0.6 is 11.6 Å². The summed E-state index contributed by atoms with van der Waals surface area (Å²) in [7, 11) is 0. The number of rotatable bonds is 3. The van der Waals surface area contributed by atoms with Gasteiger partial charge >= 0.3 is 6.18 Å². The Bertz CT molecular complexity index is 839. The second-order valence-electron chi connectivity index (χ2n) is 5.80. The fraction of sp³-hybridized carbons (Fsp3) is 0.278. The van der Waals surface area contributed by atoms with E-state index in [2.05, 4.69) is 5.32 Å². The lowest BCUT2D eigenvalue weighted by Gasteiger charge is -2.21. The molecule has 0 fully saturated rings. The summed E-state index contributed by atoms with van der Waals surface area (Å²) in [6.45, 7) is 2.31. The molecule has 3 rings (SSSR count). The first-order chi connectivity index (χ1) is 12.3. The van der Waals surface area contributed by atoms with Crippen LogP contribution in [0.5, 0.6) is 11.5 Å². The summed E-state index contributed by atoms with van der Waals surface area (Å²) >= 11 is 6.11. The molecule has 2 aromatic rings. The second-order valence-corrected chi connectivity index (χ2v) is 6.21. The van der Waals surface area contributed by atoms with Gasteiger partial charge in [0.25, 0.3) is 5.91 Å². The van der Waals surface area contributed by atoms with Crippen LogP contribution in [0.2, 0.25) is 5.02 Å². The van der Waals surface area contributed by atoms with Gasteiger partial charge in [-0.1, -0.05) is 23.7 Å². The quantitative estimate of drug-likeness (QED) is 0.838. The fourth-order valence-electron chi connectivity index (χ4n) is 2.59. The Morgan fingerprint density at radius 3 is 2.65 bits per heavy atom. The highest BCUT2D eigenvalue weighted by Crippen LogP contribution is 2.38. The molecule has 1 aliphatic rings. The predicted molar refractivity (Wildman–Crippen MR) is 89.8 cm³/mol. The molecule has 1 amide bonds. The Labute approximate surface area is 152 Å². The van der Waals surface area contributed by atoms with E-state index in [0.717, 1.165) is 12.1 Å². The van der Waals surface area contributed by atoms with Gasteiger partial charge in [0, 0.05) is 5.56 Å². The molecule has 0 bridgehead atoms. The van der Waals surface area contributed by atoms with Crippen molar-refractivity contribution in [2.75, 3.05) is 13.2 Å². The molecule has 8 heteroatoms. The summed E-state index contributed by atoms with van der Waals surface area (Å²) in [6.07, 6.45) is -4.44. The lowest BCUT2D eigenvalue weighted by Crippen LogP contribution is -2.27. The number of fused-ring (bicyclic) bond motifs is 1. The highest BCUT2D eigenvalue weighted by Gasteiger charge is 2.31. The Balaban J connectivity index is 1.79. The van der Waals surface area contributed by atoms with Crippen molar-refractivity contribution in [3.05, 3.63) is 58.1 Å². The van der Waals surface area contributed by atoms with Gasteiger partial charge in [0.1, 0.15) is 13.2 Å². The summed E-state index contributed by atoms with van der Waals surface area (Å²) in [4.78, 5) is 12.5. The Hall–Kier alpha value is -2.41. The van der Waals surface area contributed by atoms with Crippen LogP contribution in [-0.4, -0.2) is 19.1 Å². The SMILES string of the molecule is CC(NC(=O)c1cc(Cl)c2c(c1)OCCO2)c1cccc(C(F)(F)F)c1. The maximum atomic E-state index is 12.8. The molecular formula is C18H15ClF3NO3. The minimum absolute atomic E-state index is 0.234. The normalized spacial score (nSPS) is 14.7. The van der Waals surface area contributed by atoms with Gasteiger partial charge < -0.3 is 14.8 Å². The number of alkyl halides is 3. The van der Waals surface area contributed by atoms with Gasteiger partial charge in [-0.25, -0.2) is 0 Å². The van der Waals surface area contributed by atoms with E-state index in [4.69, 9.17) is 21.1 Å². The monoisotopic (exact) mass is 385 g/mol. The summed E-state index contributed by atoms with van der Waals surface area (Å²) in [5.41, 5.74) is -0.187. The van der Waals surface area contributed by atoms with Crippen molar-refractivity contribution in [1.82, 2.24) is 5.32 Å². The molecule has 26 heavy (non-hydrogen) atoms. The molecule has 1 atom stereocenters. The number of halogens is 4. The molecule has 138 valence electrons. The molecule has 1 unspecified atom stereocenters. The average molecular weight is 386 g/mol. The first-order valence-electron chi connectivity index (χ1n) is 7.83. The zero-order chi connectivity index (χ0) is 18.9. The van der Waals surface area contributed by atoms with Crippen LogP contribution in [0, 0.1) is 0 Å². The minimum Gasteiger partial charge on any atom is -0.486 e. The smallest absolute Gasteiger partial charge is 0.416 e. The number of hydrogen-bond donors (Lipinski definition) is 1. The highest BCUT2D eigenvalue weighted by molar-refractivity contribution is 6.32. The maximum Gasteiger partial charge on any atom is 0.416 e. The Morgan fingerprint density at radius 1 is 1.19 bits per heavy atom. The van der Waals surface area contributed by atoms with E-state index in [0.29, 0.717) is 30.3 Å². The largest absolute Gasteiger partial charge is 0.486 e. The van der Waals surface area contributed by atoms with Crippen LogP contribution in [0.1, 0.15) is 34.5 Å². The molecule has 2 aromatic carbocycles.